The molecule has 1 rings (SSSR count). The van der Waals surface area contributed by atoms with Crippen LogP contribution in [0.1, 0.15) is 0 Å². The summed E-state index contributed by atoms with van der Waals surface area (Å²) in [6.07, 6.45) is 6.87. The second-order valence-electron chi connectivity index (χ2n) is 1.96. The maximum atomic E-state index is 5.86. The van der Waals surface area contributed by atoms with Crippen molar-refractivity contribution in [3.05, 3.63) is 29.7 Å². The molecule has 0 N–H and O–H groups in total. The first kappa shape index (κ1) is 8.12. The van der Waals surface area contributed by atoms with Gasteiger partial charge in [-0.05, 0) is 12.2 Å². The zero-order valence-electron chi connectivity index (χ0n) is 5.47. The summed E-state index contributed by atoms with van der Waals surface area (Å²) < 4.78 is 4.95. The van der Waals surface area contributed by atoms with Gasteiger partial charge >= 0.3 is 0 Å². The Balaban J connectivity index is 2.76. The monoisotopic (exact) mass is 177 g/mol. The van der Waals surface area contributed by atoms with Crippen LogP contribution in [0.15, 0.2) is 23.3 Å². The fourth-order valence-electron chi connectivity index (χ4n) is 0.682. The lowest BCUT2D eigenvalue weighted by Gasteiger charge is -2.21. The second-order valence-corrected chi connectivity index (χ2v) is 2.98. The number of methoxy groups -OCH3 is 1. The number of rotatable bonds is 1. The Hall–Kier alpha value is 0.0200. The molecule has 0 amide bonds. The highest BCUT2D eigenvalue weighted by Crippen LogP contribution is 2.28. The smallest absolute Gasteiger partial charge is 0.168 e. The molecule has 0 aromatic heterocycles. The van der Waals surface area contributed by atoms with Crippen LogP contribution in [0.2, 0.25) is 0 Å². The van der Waals surface area contributed by atoms with Gasteiger partial charge in [0.25, 0.3) is 0 Å². The summed E-state index contributed by atoms with van der Waals surface area (Å²) in [4.78, 5) is 0. The van der Waals surface area contributed by atoms with Crippen LogP contribution in [0.3, 0.4) is 0 Å². The van der Waals surface area contributed by atoms with Crippen molar-refractivity contribution in [2.75, 3.05) is 7.11 Å². The fraction of sp³-hybridized carbons (Fsp3) is 0.286. The molecule has 0 aromatic carbocycles. The Morgan fingerprint density at radius 1 is 1.60 bits per heavy atom. The molecule has 0 bridgehead atoms. The van der Waals surface area contributed by atoms with E-state index in [9.17, 15) is 0 Å². The van der Waals surface area contributed by atoms with E-state index < -0.39 is 5.06 Å². The highest BCUT2D eigenvalue weighted by atomic mass is 35.5. The molecule has 1 nitrogen and oxygen atoms in total. The van der Waals surface area contributed by atoms with E-state index in [1.165, 1.54) is 7.11 Å². The molecule has 1 aliphatic carbocycles. The lowest BCUT2D eigenvalue weighted by molar-refractivity contribution is 0.133. The van der Waals surface area contributed by atoms with E-state index in [4.69, 9.17) is 27.9 Å². The minimum atomic E-state index is -0.841. The van der Waals surface area contributed by atoms with Crippen molar-refractivity contribution in [3.63, 3.8) is 0 Å². The quantitative estimate of drug-likeness (QED) is 0.560. The molecule has 0 aliphatic heterocycles. The van der Waals surface area contributed by atoms with Crippen LogP contribution in [-0.4, -0.2) is 12.2 Å². The summed E-state index contributed by atoms with van der Waals surface area (Å²) in [5.74, 6) is 0. The number of allylic oxidation sites excluding steroid dienone is 2. The third kappa shape index (κ3) is 1.75. The first-order valence-corrected chi connectivity index (χ1v) is 3.57. The van der Waals surface area contributed by atoms with E-state index in [0.717, 1.165) is 0 Å². The molecule has 0 fully saturated rings. The largest absolute Gasteiger partial charge is 0.359 e. The van der Waals surface area contributed by atoms with Crippen LogP contribution in [-0.2, 0) is 4.74 Å². The highest BCUT2D eigenvalue weighted by Gasteiger charge is 2.24. The molecule has 1 radical (unpaired) electrons. The molecule has 0 saturated carbocycles. The van der Waals surface area contributed by atoms with E-state index in [2.05, 4.69) is 0 Å². The minimum Gasteiger partial charge on any atom is -0.359 e. The zero-order valence-corrected chi connectivity index (χ0v) is 6.99. The van der Waals surface area contributed by atoms with Crippen molar-refractivity contribution in [2.24, 2.45) is 0 Å². The number of ether oxygens (including phenoxy) is 1. The predicted octanol–water partition coefficient (Wildman–Crippen LogP) is 2.46. The van der Waals surface area contributed by atoms with Gasteiger partial charge in [0, 0.05) is 18.6 Å². The minimum absolute atomic E-state index is 0.597. The normalized spacial score (nSPS) is 32.1. The van der Waals surface area contributed by atoms with E-state index in [1.807, 2.05) is 0 Å². The molecule has 1 unspecified atom stereocenters. The third-order valence-electron chi connectivity index (χ3n) is 1.23. The Morgan fingerprint density at radius 2 is 2.30 bits per heavy atom. The first-order valence-electron chi connectivity index (χ1n) is 2.81. The summed E-state index contributed by atoms with van der Waals surface area (Å²) in [7, 11) is 1.53. The van der Waals surface area contributed by atoms with Crippen LogP contribution >= 0.6 is 23.2 Å². The zero-order chi connectivity index (χ0) is 7.61. The predicted molar refractivity (Wildman–Crippen MR) is 43.0 cm³/mol. The van der Waals surface area contributed by atoms with Gasteiger partial charge in [0.2, 0.25) is 0 Å². The molecule has 0 spiro atoms. The maximum absolute atomic E-state index is 5.86. The first-order chi connectivity index (χ1) is 4.66. The lowest BCUT2D eigenvalue weighted by atomic mass is 10.1. The van der Waals surface area contributed by atoms with E-state index >= 15 is 0 Å². The standard InChI is InChI=1S/C7H7Cl2O/c1-10-7(9)4-2-3-6(8)5-7/h2-5H,1H3. The van der Waals surface area contributed by atoms with Gasteiger partial charge in [-0.3, -0.25) is 0 Å². The molecule has 1 atom stereocenters. The summed E-state index contributed by atoms with van der Waals surface area (Å²) in [6.45, 7) is 0. The van der Waals surface area contributed by atoms with Crippen molar-refractivity contribution in [3.8, 4) is 0 Å². The van der Waals surface area contributed by atoms with Gasteiger partial charge < -0.3 is 4.74 Å². The summed E-state index contributed by atoms with van der Waals surface area (Å²) in [5.41, 5.74) is 0. The molecule has 0 aromatic rings. The average Bonchev–Trinajstić information content (AvgIpc) is 1.88. The van der Waals surface area contributed by atoms with Crippen LogP contribution in [0, 0.1) is 6.42 Å². The van der Waals surface area contributed by atoms with E-state index in [0.29, 0.717) is 5.03 Å². The van der Waals surface area contributed by atoms with Gasteiger partial charge in [0.15, 0.2) is 5.06 Å². The van der Waals surface area contributed by atoms with Gasteiger partial charge in [-0.1, -0.05) is 29.3 Å². The summed E-state index contributed by atoms with van der Waals surface area (Å²) >= 11 is 11.5. The number of halogens is 2. The van der Waals surface area contributed by atoms with Crippen LogP contribution < -0.4 is 0 Å². The molecule has 0 saturated heterocycles. The van der Waals surface area contributed by atoms with Gasteiger partial charge in [-0.25, -0.2) is 0 Å². The van der Waals surface area contributed by atoms with Crippen molar-refractivity contribution in [1.82, 2.24) is 0 Å². The third-order valence-corrected chi connectivity index (χ3v) is 1.85. The van der Waals surface area contributed by atoms with Gasteiger partial charge in [-0.15, -0.1) is 0 Å². The molecular formula is C7H7Cl2O. The number of hydrogen-bond acceptors (Lipinski definition) is 1. The van der Waals surface area contributed by atoms with Crippen molar-refractivity contribution >= 4 is 23.2 Å². The van der Waals surface area contributed by atoms with Crippen molar-refractivity contribution in [2.45, 2.75) is 5.06 Å². The molecule has 55 valence electrons. The highest BCUT2D eigenvalue weighted by molar-refractivity contribution is 6.33. The van der Waals surface area contributed by atoms with Crippen molar-refractivity contribution in [1.29, 1.82) is 0 Å². The van der Waals surface area contributed by atoms with Gasteiger partial charge in [-0.2, -0.15) is 0 Å². The Labute approximate surface area is 70.3 Å². The topological polar surface area (TPSA) is 9.23 Å². The number of alkyl halides is 1. The average molecular weight is 178 g/mol. The molecule has 1 aliphatic rings. The molecule has 10 heavy (non-hydrogen) atoms. The maximum Gasteiger partial charge on any atom is 0.168 e. The van der Waals surface area contributed by atoms with Crippen LogP contribution in [0.5, 0.6) is 0 Å². The Kier molecular flexibility index (Phi) is 2.40. The molecular weight excluding hydrogens is 171 g/mol. The fourth-order valence-corrected chi connectivity index (χ4v) is 1.16. The second kappa shape index (κ2) is 2.95. The number of hydrogen-bond donors (Lipinski definition) is 0. The van der Waals surface area contributed by atoms with E-state index in [1.54, 1.807) is 24.6 Å². The molecule has 3 heteroatoms. The Morgan fingerprint density at radius 3 is 2.70 bits per heavy atom. The van der Waals surface area contributed by atoms with Crippen molar-refractivity contribution < 1.29 is 4.74 Å². The van der Waals surface area contributed by atoms with Gasteiger partial charge in [0.05, 0.1) is 0 Å². The van der Waals surface area contributed by atoms with Crippen LogP contribution in [0.25, 0.3) is 0 Å². The SMILES string of the molecule is COC1(Cl)[CH]C=CC(Cl)=C1. The summed E-state index contributed by atoms with van der Waals surface area (Å²) in [6, 6.07) is 0. The van der Waals surface area contributed by atoms with E-state index in [-0.39, 0.29) is 0 Å². The Bertz CT molecular complexity index is 186. The van der Waals surface area contributed by atoms with Gasteiger partial charge in [0.1, 0.15) is 0 Å². The lowest BCUT2D eigenvalue weighted by Crippen LogP contribution is -2.22. The molecule has 0 heterocycles. The van der Waals surface area contributed by atoms with Crippen LogP contribution in [0.4, 0.5) is 0 Å². The summed E-state index contributed by atoms with van der Waals surface area (Å²) in [5, 5.41) is -0.245.